The highest BCUT2D eigenvalue weighted by Gasteiger charge is 2.62. The first-order valence-electron chi connectivity index (χ1n) is 4.78. The Kier molecular flexibility index (Phi) is 1.44. The standard InChI is InChI=1S/C10H17NO2/c1-8(2)6-10(5-7(12)11-10)9(3,4)13-8/h5-6H2,1-4H3,(H,11,12). The van der Waals surface area contributed by atoms with Crippen LogP contribution >= 0.6 is 0 Å². The van der Waals surface area contributed by atoms with E-state index in [4.69, 9.17) is 4.74 Å². The Bertz CT molecular complexity index is 260. The molecule has 2 aliphatic rings. The largest absolute Gasteiger partial charge is 0.367 e. The second-order valence-corrected chi connectivity index (χ2v) is 5.36. The summed E-state index contributed by atoms with van der Waals surface area (Å²) >= 11 is 0. The summed E-state index contributed by atoms with van der Waals surface area (Å²) in [6.07, 6.45) is 1.53. The minimum Gasteiger partial charge on any atom is -0.367 e. The summed E-state index contributed by atoms with van der Waals surface area (Å²) in [6, 6.07) is 0. The van der Waals surface area contributed by atoms with Gasteiger partial charge in [0.05, 0.1) is 23.2 Å². The molecule has 2 heterocycles. The van der Waals surface area contributed by atoms with Crippen molar-refractivity contribution in [1.82, 2.24) is 5.32 Å². The molecule has 74 valence electrons. The lowest BCUT2D eigenvalue weighted by atomic mass is 9.71. The molecule has 1 unspecified atom stereocenters. The van der Waals surface area contributed by atoms with Gasteiger partial charge in [-0.15, -0.1) is 0 Å². The summed E-state index contributed by atoms with van der Waals surface area (Å²) in [5, 5.41) is 3.00. The predicted octanol–water partition coefficient (Wildman–Crippen LogP) is 1.22. The summed E-state index contributed by atoms with van der Waals surface area (Å²) in [7, 11) is 0. The fourth-order valence-corrected chi connectivity index (χ4v) is 2.76. The van der Waals surface area contributed by atoms with E-state index in [9.17, 15) is 4.79 Å². The van der Waals surface area contributed by atoms with Crippen LogP contribution in [0.2, 0.25) is 0 Å². The topological polar surface area (TPSA) is 38.3 Å². The number of rotatable bonds is 0. The van der Waals surface area contributed by atoms with Crippen molar-refractivity contribution >= 4 is 5.91 Å². The number of carbonyl (C=O) groups excluding carboxylic acids is 1. The molecule has 2 rings (SSSR count). The average molecular weight is 183 g/mol. The third-order valence-electron chi connectivity index (χ3n) is 3.25. The second kappa shape index (κ2) is 2.08. The maximum Gasteiger partial charge on any atom is 0.223 e. The second-order valence-electron chi connectivity index (χ2n) is 5.36. The molecule has 0 bridgehead atoms. The smallest absolute Gasteiger partial charge is 0.223 e. The third-order valence-corrected chi connectivity index (χ3v) is 3.25. The van der Waals surface area contributed by atoms with Crippen LogP contribution in [-0.4, -0.2) is 22.6 Å². The van der Waals surface area contributed by atoms with Crippen LogP contribution in [0.3, 0.4) is 0 Å². The van der Waals surface area contributed by atoms with E-state index in [0.29, 0.717) is 6.42 Å². The predicted molar refractivity (Wildman–Crippen MR) is 49.4 cm³/mol. The fraction of sp³-hybridized carbons (Fsp3) is 0.900. The van der Waals surface area contributed by atoms with Crippen LogP contribution in [0.25, 0.3) is 0 Å². The molecule has 1 amide bonds. The van der Waals surface area contributed by atoms with Gasteiger partial charge in [0.2, 0.25) is 5.91 Å². The molecule has 0 aromatic carbocycles. The van der Waals surface area contributed by atoms with E-state index in [1.54, 1.807) is 0 Å². The van der Waals surface area contributed by atoms with Crippen LogP contribution in [0, 0.1) is 0 Å². The Hall–Kier alpha value is -0.570. The summed E-state index contributed by atoms with van der Waals surface area (Å²) in [4.78, 5) is 11.0. The Morgan fingerprint density at radius 1 is 1.31 bits per heavy atom. The Balaban J connectivity index is 2.26. The van der Waals surface area contributed by atoms with E-state index in [1.165, 1.54) is 0 Å². The van der Waals surface area contributed by atoms with Crippen molar-refractivity contribution in [3.05, 3.63) is 0 Å². The number of amides is 1. The number of nitrogens with one attached hydrogen (secondary N) is 1. The molecule has 3 nitrogen and oxygen atoms in total. The Labute approximate surface area is 78.8 Å². The van der Waals surface area contributed by atoms with Crippen molar-refractivity contribution < 1.29 is 9.53 Å². The van der Waals surface area contributed by atoms with Crippen molar-refractivity contribution in [2.75, 3.05) is 0 Å². The maximum atomic E-state index is 11.0. The van der Waals surface area contributed by atoms with E-state index in [1.807, 2.05) is 0 Å². The summed E-state index contributed by atoms with van der Waals surface area (Å²) in [6.45, 7) is 8.27. The van der Waals surface area contributed by atoms with Crippen molar-refractivity contribution in [3.63, 3.8) is 0 Å². The van der Waals surface area contributed by atoms with Gasteiger partial charge in [-0.1, -0.05) is 0 Å². The van der Waals surface area contributed by atoms with Crippen LogP contribution in [0.5, 0.6) is 0 Å². The molecule has 0 radical (unpaired) electrons. The highest BCUT2D eigenvalue weighted by atomic mass is 16.5. The zero-order chi connectivity index (χ0) is 9.91. The van der Waals surface area contributed by atoms with Crippen LogP contribution < -0.4 is 5.32 Å². The lowest BCUT2D eigenvalue weighted by molar-refractivity contribution is -0.143. The van der Waals surface area contributed by atoms with Gasteiger partial charge in [-0.25, -0.2) is 0 Å². The number of ether oxygens (including phenoxy) is 1. The van der Waals surface area contributed by atoms with Crippen molar-refractivity contribution in [2.24, 2.45) is 0 Å². The molecule has 2 fully saturated rings. The molecule has 2 saturated heterocycles. The molecule has 0 aromatic rings. The van der Waals surface area contributed by atoms with Gasteiger partial charge < -0.3 is 10.1 Å². The Morgan fingerprint density at radius 2 is 1.85 bits per heavy atom. The quantitative estimate of drug-likeness (QED) is 0.573. The average Bonchev–Trinajstić information content (AvgIpc) is 1.95. The van der Waals surface area contributed by atoms with Gasteiger partial charge in [-0.2, -0.15) is 0 Å². The van der Waals surface area contributed by atoms with Crippen LogP contribution in [0.4, 0.5) is 0 Å². The van der Waals surface area contributed by atoms with Gasteiger partial charge >= 0.3 is 0 Å². The fourth-order valence-electron chi connectivity index (χ4n) is 2.76. The van der Waals surface area contributed by atoms with E-state index in [2.05, 4.69) is 33.0 Å². The molecule has 0 saturated carbocycles. The Morgan fingerprint density at radius 3 is 2.15 bits per heavy atom. The first kappa shape index (κ1) is 9.00. The normalized spacial score (nSPS) is 40.2. The molecule has 1 atom stereocenters. The van der Waals surface area contributed by atoms with Crippen molar-refractivity contribution in [2.45, 2.75) is 57.3 Å². The molecular formula is C10H17NO2. The molecule has 3 heteroatoms. The molecule has 1 N–H and O–H groups in total. The summed E-state index contributed by atoms with van der Waals surface area (Å²) in [5.41, 5.74) is -0.449. The minimum absolute atomic E-state index is 0.104. The summed E-state index contributed by atoms with van der Waals surface area (Å²) in [5.74, 6) is 0.148. The van der Waals surface area contributed by atoms with E-state index >= 15 is 0 Å². The van der Waals surface area contributed by atoms with Crippen LogP contribution in [0.15, 0.2) is 0 Å². The molecule has 2 aliphatic heterocycles. The molecule has 1 spiro atoms. The van der Waals surface area contributed by atoms with E-state index in [-0.39, 0.29) is 22.6 Å². The van der Waals surface area contributed by atoms with Gasteiger partial charge in [0.25, 0.3) is 0 Å². The van der Waals surface area contributed by atoms with Crippen LogP contribution in [0.1, 0.15) is 40.5 Å². The van der Waals surface area contributed by atoms with Crippen molar-refractivity contribution in [3.8, 4) is 0 Å². The third kappa shape index (κ3) is 1.10. The first-order valence-corrected chi connectivity index (χ1v) is 4.78. The van der Waals surface area contributed by atoms with Gasteiger partial charge in [-0.3, -0.25) is 4.79 Å². The van der Waals surface area contributed by atoms with E-state index < -0.39 is 0 Å². The zero-order valence-corrected chi connectivity index (χ0v) is 8.73. The summed E-state index contributed by atoms with van der Waals surface area (Å²) < 4.78 is 5.93. The van der Waals surface area contributed by atoms with Gasteiger partial charge in [0.15, 0.2) is 0 Å². The molecule has 0 aliphatic carbocycles. The lowest BCUT2D eigenvalue weighted by Gasteiger charge is -2.46. The monoisotopic (exact) mass is 183 g/mol. The van der Waals surface area contributed by atoms with Gasteiger partial charge in [0.1, 0.15) is 0 Å². The van der Waals surface area contributed by atoms with Crippen molar-refractivity contribution in [1.29, 1.82) is 0 Å². The molecule has 13 heavy (non-hydrogen) atoms. The number of hydrogen-bond acceptors (Lipinski definition) is 2. The SMILES string of the molecule is CC1(C)CC2(CC(=O)N2)C(C)(C)O1. The van der Waals surface area contributed by atoms with Gasteiger partial charge in [-0.05, 0) is 27.7 Å². The number of hydrogen-bond donors (Lipinski definition) is 1. The highest BCUT2D eigenvalue weighted by Crippen LogP contribution is 2.49. The zero-order valence-electron chi connectivity index (χ0n) is 8.73. The molecular weight excluding hydrogens is 166 g/mol. The number of carbonyl (C=O) groups is 1. The minimum atomic E-state index is -0.232. The highest BCUT2D eigenvalue weighted by molar-refractivity contribution is 5.85. The van der Waals surface area contributed by atoms with Gasteiger partial charge in [0, 0.05) is 6.42 Å². The first-order chi connectivity index (χ1) is 5.77. The maximum absolute atomic E-state index is 11.0. The number of β-lactam (4-membered cyclic amide) rings is 1. The van der Waals surface area contributed by atoms with Crippen LogP contribution in [-0.2, 0) is 9.53 Å². The van der Waals surface area contributed by atoms with E-state index in [0.717, 1.165) is 6.42 Å². The molecule has 0 aromatic heterocycles. The lowest BCUT2D eigenvalue weighted by Crippen LogP contribution is -2.69.